The first kappa shape index (κ1) is 15.5. The van der Waals surface area contributed by atoms with Gasteiger partial charge in [0.2, 0.25) is 0 Å². The lowest BCUT2D eigenvalue weighted by Gasteiger charge is -2.16. The van der Waals surface area contributed by atoms with Gasteiger partial charge in [-0.25, -0.2) is 0 Å². The summed E-state index contributed by atoms with van der Waals surface area (Å²) in [4.78, 5) is 11.1. The Morgan fingerprint density at radius 3 is 2.65 bits per heavy atom. The number of ether oxygens (including phenoxy) is 1. The smallest absolute Gasteiger partial charge is 0.307 e. The molecule has 0 saturated heterocycles. The number of hydrogen-bond acceptors (Lipinski definition) is 5. The Morgan fingerprint density at radius 2 is 2.12 bits per heavy atom. The number of methoxy groups -OCH3 is 1. The minimum atomic E-state index is -0.615. The number of carbonyl (C=O) groups excluding carboxylic acids is 1. The summed E-state index contributed by atoms with van der Waals surface area (Å²) in [6, 6.07) is 2.73. The fourth-order valence-electron chi connectivity index (χ4n) is 1.56. The van der Waals surface area contributed by atoms with Gasteiger partial charge in [-0.1, -0.05) is 6.07 Å². The van der Waals surface area contributed by atoms with Crippen LogP contribution in [0.25, 0.3) is 0 Å². The van der Waals surface area contributed by atoms with E-state index >= 15 is 0 Å². The Kier molecular flexibility index (Phi) is 5.78. The summed E-state index contributed by atoms with van der Waals surface area (Å²) >= 11 is 0. The number of rotatable bonds is 3. The van der Waals surface area contributed by atoms with Gasteiger partial charge < -0.3 is 21.3 Å². The third kappa shape index (κ3) is 3.51. The molecule has 1 aromatic carbocycles. The van der Waals surface area contributed by atoms with Gasteiger partial charge >= 0.3 is 5.97 Å². The van der Waals surface area contributed by atoms with Crippen molar-refractivity contribution in [3.63, 3.8) is 0 Å². The molecule has 0 aliphatic rings. The van der Waals surface area contributed by atoms with Crippen molar-refractivity contribution in [1.82, 2.24) is 0 Å². The summed E-state index contributed by atoms with van der Waals surface area (Å²) in [6.45, 7) is 1.80. The van der Waals surface area contributed by atoms with Crippen LogP contribution in [-0.2, 0) is 9.53 Å². The van der Waals surface area contributed by atoms with E-state index in [2.05, 4.69) is 4.74 Å². The Balaban J connectivity index is 0.00000256. The van der Waals surface area contributed by atoms with Crippen molar-refractivity contribution in [2.24, 2.45) is 5.73 Å². The fourth-order valence-corrected chi connectivity index (χ4v) is 1.56. The Bertz CT molecular complexity index is 410. The van der Waals surface area contributed by atoms with E-state index in [4.69, 9.17) is 11.5 Å². The normalized spacial score (nSPS) is 11.5. The summed E-state index contributed by atoms with van der Waals surface area (Å²) in [5, 5.41) is 9.78. The zero-order valence-corrected chi connectivity index (χ0v) is 10.6. The molecular weight excluding hydrogens is 244 g/mol. The van der Waals surface area contributed by atoms with Crippen molar-refractivity contribution in [3.8, 4) is 5.75 Å². The summed E-state index contributed by atoms with van der Waals surface area (Å²) in [5.74, 6) is -0.481. The zero-order chi connectivity index (χ0) is 12.3. The van der Waals surface area contributed by atoms with Crippen LogP contribution in [0.3, 0.4) is 0 Å². The monoisotopic (exact) mass is 260 g/mol. The molecule has 0 radical (unpaired) electrons. The molecule has 1 rings (SSSR count). The number of esters is 1. The SMILES string of the molecule is COC(=O)C[C@@H](N)c1c(C)ccc(N)c1O.Cl. The number of benzene rings is 1. The molecule has 6 heteroatoms. The zero-order valence-electron chi connectivity index (χ0n) is 9.77. The van der Waals surface area contributed by atoms with Gasteiger partial charge in [-0.05, 0) is 18.6 Å². The number of carbonyl (C=O) groups is 1. The number of nitrogens with two attached hydrogens (primary N) is 2. The highest BCUT2D eigenvalue weighted by Crippen LogP contribution is 2.33. The minimum absolute atomic E-state index is 0. The molecule has 96 valence electrons. The van der Waals surface area contributed by atoms with Gasteiger partial charge in [0.15, 0.2) is 0 Å². The maximum atomic E-state index is 11.1. The summed E-state index contributed by atoms with van der Waals surface area (Å²) in [7, 11) is 1.29. The molecule has 0 aliphatic heterocycles. The van der Waals surface area contributed by atoms with E-state index in [1.165, 1.54) is 7.11 Å². The van der Waals surface area contributed by atoms with Crippen LogP contribution in [-0.4, -0.2) is 18.2 Å². The van der Waals surface area contributed by atoms with Gasteiger partial charge in [-0.2, -0.15) is 0 Å². The van der Waals surface area contributed by atoms with Crippen LogP contribution >= 0.6 is 12.4 Å². The standard InChI is InChI=1S/C11H16N2O3.ClH/c1-6-3-4-7(12)11(15)10(6)8(13)5-9(14)16-2;/h3-4,8,15H,5,12-13H2,1-2H3;1H/t8-;/m1./s1. The second kappa shape index (κ2) is 6.32. The molecule has 5 nitrogen and oxygen atoms in total. The van der Waals surface area contributed by atoms with Crippen LogP contribution in [0.1, 0.15) is 23.6 Å². The van der Waals surface area contributed by atoms with Crippen molar-refractivity contribution in [2.75, 3.05) is 12.8 Å². The van der Waals surface area contributed by atoms with Crippen LogP contribution in [0.4, 0.5) is 5.69 Å². The molecule has 5 N–H and O–H groups in total. The quantitative estimate of drug-likeness (QED) is 0.432. The van der Waals surface area contributed by atoms with Gasteiger partial charge in [0.1, 0.15) is 5.75 Å². The number of aromatic hydroxyl groups is 1. The second-order valence-corrected chi connectivity index (χ2v) is 3.62. The van der Waals surface area contributed by atoms with E-state index in [1.807, 2.05) is 0 Å². The van der Waals surface area contributed by atoms with Gasteiger partial charge in [-0.3, -0.25) is 4.79 Å². The molecule has 0 aromatic heterocycles. The highest BCUT2D eigenvalue weighted by Gasteiger charge is 2.18. The first-order valence-corrected chi connectivity index (χ1v) is 4.87. The van der Waals surface area contributed by atoms with Crippen molar-refractivity contribution in [1.29, 1.82) is 0 Å². The molecule has 1 atom stereocenters. The lowest BCUT2D eigenvalue weighted by molar-refractivity contribution is -0.141. The second-order valence-electron chi connectivity index (χ2n) is 3.62. The Hall–Kier alpha value is -1.46. The summed E-state index contributed by atoms with van der Waals surface area (Å²) in [6.07, 6.45) is 0.00829. The number of halogens is 1. The summed E-state index contributed by atoms with van der Waals surface area (Å²) in [5.41, 5.74) is 12.9. The van der Waals surface area contributed by atoms with Crippen LogP contribution in [0.5, 0.6) is 5.75 Å². The van der Waals surface area contributed by atoms with Crippen LogP contribution in [0, 0.1) is 6.92 Å². The van der Waals surface area contributed by atoms with Crippen LogP contribution < -0.4 is 11.5 Å². The summed E-state index contributed by atoms with van der Waals surface area (Å²) < 4.78 is 4.52. The average Bonchev–Trinajstić information content (AvgIpc) is 2.24. The van der Waals surface area contributed by atoms with E-state index in [-0.39, 0.29) is 30.3 Å². The number of nitrogen functional groups attached to an aromatic ring is 1. The third-order valence-electron chi connectivity index (χ3n) is 2.45. The average molecular weight is 261 g/mol. The largest absolute Gasteiger partial charge is 0.505 e. The van der Waals surface area contributed by atoms with E-state index < -0.39 is 12.0 Å². The maximum absolute atomic E-state index is 11.1. The number of phenolic OH excluding ortho intramolecular Hbond substituents is 1. The van der Waals surface area contributed by atoms with Crippen LogP contribution in [0.2, 0.25) is 0 Å². The van der Waals surface area contributed by atoms with E-state index in [1.54, 1.807) is 19.1 Å². The van der Waals surface area contributed by atoms with Gasteiger partial charge in [0.05, 0.1) is 19.2 Å². The van der Waals surface area contributed by atoms with E-state index in [9.17, 15) is 9.90 Å². The van der Waals surface area contributed by atoms with Crippen molar-refractivity contribution in [3.05, 3.63) is 23.3 Å². The molecule has 17 heavy (non-hydrogen) atoms. The van der Waals surface area contributed by atoms with Gasteiger partial charge in [-0.15, -0.1) is 12.4 Å². The topological polar surface area (TPSA) is 98.6 Å². The van der Waals surface area contributed by atoms with E-state index in [0.29, 0.717) is 5.56 Å². The Morgan fingerprint density at radius 1 is 1.53 bits per heavy atom. The molecule has 0 unspecified atom stereocenters. The van der Waals surface area contributed by atoms with Crippen molar-refractivity contribution < 1.29 is 14.6 Å². The minimum Gasteiger partial charge on any atom is -0.505 e. The fraction of sp³-hybridized carbons (Fsp3) is 0.364. The van der Waals surface area contributed by atoms with Crippen LogP contribution in [0.15, 0.2) is 12.1 Å². The molecule has 0 fully saturated rings. The Labute approximate surface area is 106 Å². The predicted molar refractivity (Wildman–Crippen MR) is 68.1 cm³/mol. The first-order valence-electron chi connectivity index (χ1n) is 4.87. The lowest BCUT2D eigenvalue weighted by Crippen LogP contribution is -2.17. The number of phenols is 1. The third-order valence-corrected chi connectivity index (χ3v) is 2.45. The first-order chi connectivity index (χ1) is 7.47. The van der Waals surface area contributed by atoms with Gasteiger partial charge in [0.25, 0.3) is 0 Å². The van der Waals surface area contributed by atoms with E-state index in [0.717, 1.165) is 5.56 Å². The van der Waals surface area contributed by atoms with Crippen molar-refractivity contribution >= 4 is 24.1 Å². The number of hydrogen-bond donors (Lipinski definition) is 3. The van der Waals surface area contributed by atoms with Crippen molar-refractivity contribution in [2.45, 2.75) is 19.4 Å². The molecule has 0 saturated carbocycles. The maximum Gasteiger partial charge on any atom is 0.307 e. The molecule has 0 amide bonds. The molecule has 0 spiro atoms. The molecule has 0 heterocycles. The predicted octanol–water partition coefficient (Wildman–Crippen LogP) is 1.27. The van der Waals surface area contributed by atoms with Gasteiger partial charge in [0, 0.05) is 11.6 Å². The molecule has 0 aliphatic carbocycles. The number of aryl methyl sites for hydroxylation is 1. The molecular formula is C11H17ClN2O3. The highest BCUT2D eigenvalue weighted by molar-refractivity contribution is 5.85. The molecule has 1 aromatic rings. The lowest BCUT2D eigenvalue weighted by atomic mass is 9.97. The highest BCUT2D eigenvalue weighted by atomic mass is 35.5. The molecule has 0 bridgehead atoms. The number of anilines is 1.